The molecule has 0 aromatic heterocycles. The monoisotopic (exact) mass is 298 g/mol. The van der Waals surface area contributed by atoms with E-state index in [-0.39, 0.29) is 11.9 Å². The molecular weight excluding hydrogens is 276 g/mol. The van der Waals surface area contributed by atoms with Crippen molar-refractivity contribution < 1.29 is 13.2 Å². The molecule has 1 aromatic carbocycles. The summed E-state index contributed by atoms with van der Waals surface area (Å²) in [6.07, 6.45) is 0.825. The largest absolute Gasteiger partial charge is 0.376 e. The number of sulfonamides is 1. The van der Waals surface area contributed by atoms with Crippen molar-refractivity contribution in [3.8, 4) is 0 Å². The van der Waals surface area contributed by atoms with Crippen LogP contribution in [-0.4, -0.2) is 52.7 Å². The summed E-state index contributed by atoms with van der Waals surface area (Å²) < 4.78 is 32.1. The van der Waals surface area contributed by atoms with Crippen LogP contribution >= 0.6 is 0 Å². The van der Waals surface area contributed by atoms with Gasteiger partial charge in [0.05, 0.1) is 18.5 Å². The molecule has 1 fully saturated rings. The van der Waals surface area contributed by atoms with E-state index >= 15 is 0 Å². The summed E-state index contributed by atoms with van der Waals surface area (Å²) in [6, 6.07) is 9.20. The zero-order valence-corrected chi connectivity index (χ0v) is 12.6. The number of likely N-dealkylation sites (N-methyl/N-ethyl adjacent to an activating group) is 1. The predicted octanol–water partition coefficient (Wildman–Crippen LogP) is 0.827. The first-order chi connectivity index (χ1) is 9.55. The fourth-order valence-electron chi connectivity index (χ4n) is 2.26. The molecule has 1 saturated heterocycles. The molecule has 0 saturated carbocycles. The van der Waals surface area contributed by atoms with Crippen LogP contribution in [-0.2, 0) is 20.5 Å². The highest BCUT2D eigenvalue weighted by Gasteiger charge is 2.18. The van der Waals surface area contributed by atoms with Crippen molar-refractivity contribution >= 4 is 10.0 Å². The van der Waals surface area contributed by atoms with Gasteiger partial charge in [0.2, 0.25) is 10.0 Å². The molecule has 1 atom stereocenters. The van der Waals surface area contributed by atoms with E-state index in [2.05, 4.69) is 16.7 Å². The average Bonchev–Trinajstić information content (AvgIpc) is 2.39. The topological polar surface area (TPSA) is 58.6 Å². The quantitative estimate of drug-likeness (QED) is 0.845. The number of nitrogens with one attached hydrogen (secondary N) is 1. The molecule has 0 amide bonds. The van der Waals surface area contributed by atoms with E-state index < -0.39 is 10.0 Å². The summed E-state index contributed by atoms with van der Waals surface area (Å²) in [6.45, 7) is 2.95. The maximum absolute atomic E-state index is 11.9. The zero-order chi connectivity index (χ0) is 14.4. The number of hydrogen-bond donors (Lipinski definition) is 1. The summed E-state index contributed by atoms with van der Waals surface area (Å²) in [7, 11) is -1.22. The van der Waals surface area contributed by atoms with Gasteiger partial charge in [-0.2, -0.15) is 0 Å². The third-order valence-electron chi connectivity index (χ3n) is 3.33. The lowest BCUT2D eigenvalue weighted by Crippen LogP contribution is -2.41. The first kappa shape index (κ1) is 15.4. The Balaban J connectivity index is 1.75. The van der Waals surface area contributed by atoms with Crippen LogP contribution < -0.4 is 4.72 Å². The Morgan fingerprint density at radius 2 is 2.10 bits per heavy atom. The number of nitrogens with zero attached hydrogens (tertiary/aromatic N) is 1. The van der Waals surface area contributed by atoms with Gasteiger partial charge in [0.15, 0.2) is 0 Å². The normalized spacial score (nSPS) is 20.9. The van der Waals surface area contributed by atoms with Crippen molar-refractivity contribution in [1.29, 1.82) is 0 Å². The van der Waals surface area contributed by atoms with Gasteiger partial charge >= 0.3 is 0 Å². The second kappa shape index (κ2) is 7.17. The zero-order valence-electron chi connectivity index (χ0n) is 11.8. The molecule has 1 aliphatic rings. The molecule has 1 N–H and O–H groups in total. The Morgan fingerprint density at radius 3 is 2.80 bits per heavy atom. The van der Waals surface area contributed by atoms with Crippen LogP contribution in [0.25, 0.3) is 0 Å². The third kappa shape index (κ3) is 5.20. The van der Waals surface area contributed by atoms with Gasteiger partial charge in [-0.3, -0.25) is 0 Å². The molecule has 112 valence electrons. The predicted molar refractivity (Wildman–Crippen MR) is 78.9 cm³/mol. The summed E-state index contributed by atoms with van der Waals surface area (Å²) in [5.74, 6) is 0.0271. The van der Waals surface area contributed by atoms with E-state index in [1.54, 1.807) is 0 Å². The molecule has 1 heterocycles. The van der Waals surface area contributed by atoms with Crippen molar-refractivity contribution in [2.45, 2.75) is 18.3 Å². The van der Waals surface area contributed by atoms with Crippen molar-refractivity contribution in [3.05, 3.63) is 35.9 Å². The van der Waals surface area contributed by atoms with Crippen LogP contribution in [0.2, 0.25) is 0 Å². The molecule has 5 nitrogen and oxygen atoms in total. The van der Waals surface area contributed by atoms with Gasteiger partial charge in [-0.15, -0.1) is 0 Å². The molecule has 0 aliphatic carbocycles. The molecule has 1 aromatic rings. The van der Waals surface area contributed by atoms with E-state index in [9.17, 15) is 8.42 Å². The summed E-state index contributed by atoms with van der Waals surface area (Å²) in [5.41, 5.74) is 0.800. The minimum atomic E-state index is -3.27. The second-order valence-electron chi connectivity index (χ2n) is 5.18. The Labute approximate surface area is 121 Å². The summed E-state index contributed by atoms with van der Waals surface area (Å²) >= 11 is 0. The third-order valence-corrected chi connectivity index (χ3v) is 4.69. The lowest BCUT2D eigenvalue weighted by molar-refractivity contribution is -0.0222. The molecule has 1 aliphatic heterocycles. The highest BCUT2D eigenvalue weighted by atomic mass is 32.2. The maximum Gasteiger partial charge on any atom is 0.215 e. The highest BCUT2D eigenvalue weighted by molar-refractivity contribution is 7.88. The van der Waals surface area contributed by atoms with Gasteiger partial charge in [0.1, 0.15) is 0 Å². The van der Waals surface area contributed by atoms with E-state index in [0.717, 1.165) is 25.3 Å². The first-order valence-electron chi connectivity index (χ1n) is 6.86. The molecule has 0 spiro atoms. The molecular formula is C14H22N2O3S. The van der Waals surface area contributed by atoms with Crippen LogP contribution in [0.5, 0.6) is 0 Å². The Bertz CT molecular complexity index is 504. The molecule has 6 heteroatoms. The molecule has 20 heavy (non-hydrogen) atoms. The Morgan fingerprint density at radius 1 is 1.35 bits per heavy atom. The Kier molecular flexibility index (Phi) is 5.54. The number of morpholine rings is 1. The maximum atomic E-state index is 11.9. The highest BCUT2D eigenvalue weighted by Crippen LogP contribution is 2.07. The van der Waals surface area contributed by atoms with Gasteiger partial charge in [-0.1, -0.05) is 30.3 Å². The standard InChI is InChI=1S/C14H22N2O3S/c1-16-9-10-19-14(11-16)7-8-15-20(17,18)12-13-5-3-2-4-6-13/h2-6,14-15H,7-12H2,1H3. The van der Waals surface area contributed by atoms with Gasteiger partial charge in [-0.25, -0.2) is 13.1 Å². The van der Waals surface area contributed by atoms with E-state index in [0.29, 0.717) is 13.0 Å². The molecule has 1 unspecified atom stereocenters. The van der Waals surface area contributed by atoms with Gasteiger partial charge in [-0.05, 0) is 19.0 Å². The Hall–Kier alpha value is -0.950. The van der Waals surface area contributed by atoms with Crippen LogP contribution in [0.4, 0.5) is 0 Å². The number of ether oxygens (including phenoxy) is 1. The van der Waals surface area contributed by atoms with E-state index in [4.69, 9.17) is 4.74 Å². The first-order valence-corrected chi connectivity index (χ1v) is 8.52. The molecule has 0 bridgehead atoms. The van der Waals surface area contributed by atoms with Crippen molar-refractivity contribution in [3.63, 3.8) is 0 Å². The fraction of sp³-hybridized carbons (Fsp3) is 0.571. The lowest BCUT2D eigenvalue weighted by atomic mass is 10.2. The summed E-state index contributed by atoms with van der Waals surface area (Å²) in [5, 5.41) is 0. The molecule has 2 rings (SSSR count). The van der Waals surface area contributed by atoms with Crippen LogP contribution in [0, 0.1) is 0 Å². The van der Waals surface area contributed by atoms with Crippen LogP contribution in [0.15, 0.2) is 30.3 Å². The van der Waals surface area contributed by atoms with E-state index in [1.165, 1.54) is 0 Å². The fourth-order valence-corrected chi connectivity index (χ4v) is 3.42. The van der Waals surface area contributed by atoms with Crippen molar-refractivity contribution in [2.75, 3.05) is 33.3 Å². The smallest absolute Gasteiger partial charge is 0.215 e. The lowest BCUT2D eigenvalue weighted by Gasteiger charge is -2.30. The van der Waals surface area contributed by atoms with Crippen LogP contribution in [0.1, 0.15) is 12.0 Å². The number of rotatable bonds is 6. The minimum Gasteiger partial charge on any atom is -0.376 e. The average molecular weight is 298 g/mol. The van der Waals surface area contributed by atoms with Crippen molar-refractivity contribution in [2.24, 2.45) is 0 Å². The van der Waals surface area contributed by atoms with E-state index in [1.807, 2.05) is 30.3 Å². The minimum absolute atomic E-state index is 0.0271. The number of hydrogen-bond acceptors (Lipinski definition) is 4. The SMILES string of the molecule is CN1CCOC(CCNS(=O)(=O)Cc2ccccc2)C1. The van der Waals surface area contributed by atoms with Crippen LogP contribution in [0.3, 0.4) is 0 Å². The van der Waals surface area contributed by atoms with Gasteiger partial charge in [0.25, 0.3) is 0 Å². The van der Waals surface area contributed by atoms with Gasteiger partial charge in [0, 0.05) is 19.6 Å². The molecule has 0 radical (unpaired) electrons. The summed E-state index contributed by atoms with van der Waals surface area (Å²) in [4.78, 5) is 2.20. The second-order valence-corrected chi connectivity index (χ2v) is 6.99. The van der Waals surface area contributed by atoms with Crippen molar-refractivity contribution in [1.82, 2.24) is 9.62 Å². The number of benzene rings is 1. The van der Waals surface area contributed by atoms with Gasteiger partial charge < -0.3 is 9.64 Å².